The average Bonchev–Trinajstić information content (AvgIpc) is 3.16. The predicted molar refractivity (Wildman–Crippen MR) is 94.4 cm³/mol. The maximum Gasteiger partial charge on any atom is 0.230 e. The number of rotatable bonds is 6. The summed E-state index contributed by atoms with van der Waals surface area (Å²) < 4.78 is 10.6. The minimum atomic E-state index is 0.231. The summed E-state index contributed by atoms with van der Waals surface area (Å²) in [4.78, 5) is 18.6. The molecule has 1 aromatic heterocycles. The minimum Gasteiger partial charge on any atom is -0.497 e. The Balaban J connectivity index is 1.59. The fourth-order valence-corrected chi connectivity index (χ4v) is 3.12. The number of carbonyl (C=O) groups excluding carboxylic acids is 1. The summed E-state index contributed by atoms with van der Waals surface area (Å²) in [5.74, 6) is 2.57. The molecule has 0 radical (unpaired) electrons. The first-order valence-electron chi connectivity index (χ1n) is 8.97. The Morgan fingerprint density at radius 1 is 1.28 bits per heavy atom. The maximum atomic E-state index is 12.1. The highest BCUT2D eigenvalue weighted by Gasteiger charge is 2.27. The standard InChI is InChI=1S/C19H25N3O3/c1-3-4-5-17(23)22-12-10-15(11-13-22)19-20-18(21-25-19)14-6-8-16(24-2)9-7-14/h6-9,15H,3-5,10-13H2,1-2H3. The molecule has 0 atom stereocenters. The molecule has 6 nitrogen and oxygen atoms in total. The van der Waals surface area contributed by atoms with Crippen LogP contribution >= 0.6 is 0 Å². The molecule has 0 spiro atoms. The van der Waals surface area contributed by atoms with Crippen LogP contribution in [0.4, 0.5) is 0 Å². The lowest BCUT2D eigenvalue weighted by Crippen LogP contribution is -2.37. The monoisotopic (exact) mass is 343 g/mol. The second-order valence-electron chi connectivity index (χ2n) is 6.44. The average molecular weight is 343 g/mol. The molecule has 0 saturated carbocycles. The number of aromatic nitrogens is 2. The van der Waals surface area contributed by atoms with Crippen molar-refractivity contribution in [1.29, 1.82) is 0 Å². The molecule has 1 aliphatic rings. The summed E-state index contributed by atoms with van der Waals surface area (Å²) in [6.07, 6.45) is 4.43. The normalized spacial score (nSPS) is 15.4. The number of likely N-dealkylation sites (tertiary alicyclic amines) is 1. The number of amides is 1. The van der Waals surface area contributed by atoms with E-state index in [0.717, 1.165) is 50.1 Å². The molecule has 0 N–H and O–H groups in total. The highest BCUT2D eigenvalue weighted by Crippen LogP contribution is 2.29. The molecular formula is C19H25N3O3. The zero-order valence-corrected chi connectivity index (χ0v) is 14.9. The van der Waals surface area contributed by atoms with Gasteiger partial charge in [0.25, 0.3) is 0 Å². The number of hydrogen-bond acceptors (Lipinski definition) is 5. The van der Waals surface area contributed by atoms with Gasteiger partial charge in [-0.15, -0.1) is 0 Å². The van der Waals surface area contributed by atoms with Gasteiger partial charge in [0.15, 0.2) is 0 Å². The summed E-state index contributed by atoms with van der Waals surface area (Å²) in [6.45, 7) is 3.65. The van der Waals surface area contributed by atoms with Crippen molar-refractivity contribution in [2.75, 3.05) is 20.2 Å². The molecule has 0 aliphatic carbocycles. The van der Waals surface area contributed by atoms with E-state index in [1.165, 1.54) is 0 Å². The van der Waals surface area contributed by atoms with Crippen LogP contribution in [0.2, 0.25) is 0 Å². The fourth-order valence-electron chi connectivity index (χ4n) is 3.12. The number of ether oxygens (including phenoxy) is 1. The van der Waals surface area contributed by atoms with Crippen molar-refractivity contribution in [1.82, 2.24) is 15.0 Å². The van der Waals surface area contributed by atoms with Crippen LogP contribution in [0.15, 0.2) is 28.8 Å². The quantitative estimate of drug-likeness (QED) is 0.801. The van der Waals surface area contributed by atoms with Crippen LogP contribution in [0.1, 0.15) is 50.8 Å². The van der Waals surface area contributed by atoms with E-state index in [1.54, 1.807) is 7.11 Å². The van der Waals surface area contributed by atoms with E-state index in [4.69, 9.17) is 9.26 Å². The third kappa shape index (κ3) is 4.18. The molecule has 1 saturated heterocycles. The van der Waals surface area contributed by atoms with Gasteiger partial charge in [-0.1, -0.05) is 18.5 Å². The van der Waals surface area contributed by atoms with Gasteiger partial charge in [0.1, 0.15) is 5.75 Å². The molecule has 134 valence electrons. The van der Waals surface area contributed by atoms with Crippen molar-refractivity contribution in [3.8, 4) is 17.1 Å². The van der Waals surface area contributed by atoms with Crippen molar-refractivity contribution < 1.29 is 14.1 Å². The van der Waals surface area contributed by atoms with Crippen molar-refractivity contribution in [3.63, 3.8) is 0 Å². The molecule has 2 heterocycles. The second-order valence-corrected chi connectivity index (χ2v) is 6.44. The Bertz CT molecular complexity index is 688. The van der Waals surface area contributed by atoms with Gasteiger partial charge in [0.2, 0.25) is 17.6 Å². The van der Waals surface area contributed by atoms with E-state index >= 15 is 0 Å². The van der Waals surface area contributed by atoms with Crippen LogP contribution in [0.25, 0.3) is 11.4 Å². The number of benzene rings is 1. The summed E-state index contributed by atoms with van der Waals surface area (Å²) in [5.41, 5.74) is 0.906. The molecular weight excluding hydrogens is 318 g/mol. The van der Waals surface area contributed by atoms with Crippen LogP contribution in [0.3, 0.4) is 0 Å². The number of piperidine rings is 1. The van der Waals surface area contributed by atoms with Crippen LogP contribution in [0.5, 0.6) is 5.75 Å². The van der Waals surface area contributed by atoms with Gasteiger partial charge in [0.05, 0.1) is 7.11 Å². The summed E-state index contributed by atoms with van der Waals surface area (Å²) in [6, 6.07) is 7.60. The van der Waals surface area contributed by atoms with E-state index in [1.807, 2.05) is 29.2 Å². The van der Waals surface area contributed by atoms with Gasteiger partial charge >= 0.3 is 0 Å². The predicted octanol–water partition coefficient (Wildman–Crippen LogP) is 3.64. The van der Waals surface area contributed by atoms with Gasteiger partial charge in [0, 0.05) is 31.0 Å². The summed E-state index contributed by atoms with van der Waals surface area (Å²) in [7, 11) is 1.64. The Hall–Kier alpha value is -2.37. The first-order valence-corrected chi connectivity index (χ1v) is 8.97. The molecule has 1 amide bonds. The van der Waals surface area contributed by atoms with Crippen molar-refractivity contribution in [2.24, 2.45) is 0 Å². The van der Waals surface area contributed by atoms with Crippen LogP contribution in [-0.2, 0) is 4.79 Å². The van der Waals surface area contributed by atoms with Gasteiger partial charge in [-0.05, 0) is 43.5 Å². The van der Waals surface area contributed by atoms with Crippen LogP contribution < -0.4 is 4.74 Å². The first-order chi connectivity index (χ1) is 12.2. The highest BCUT2D eigenvalue weighted by molar-refractivity contribution is 5.76. The number of methoxy groups -OCH3 is 1. The fraction of sp³-hybridized carbons (Fsp3) is 0.526. The van der Waals surface area contributed by atoms with Gasteiger partial charge in [-0.25, -0.2) is 0 Å². The zero-order chi connectivity index (χ0) is 17.6. The smallest absolute Gasteiger partial charge is 0.230 e. The minimum absolute atomic E-state index is 0.231. The third-order valence-corrected chi connectivity index (χ3v) is 4.73. The molecule has 6 heteroatoms. The van der Waals surface area contributed by atoms with E-state index in [0.29, 0.717) is 18.1 Å². The molecule has 25 heavy (non-hydrogen) atoms. The Morgan fingerprint density at radius 2 is 2.00 bits per heavy atom. The van der Waals surface area contributed by atoms with Gasteiger partial charge in [-0.3, -0.25) is 4.79 Å². The topological polar surface area (TPSA) is 68.5 Å². The molecule has 3 rings (SSSR count). The Kier molecular flexibility index (Phi) is 5.68. The number of unbranched alkanes of at least 4 members (excludes halogenated alkanes) is 1. The van der Waals surface area contributed by atoms with Crippen LogP contribution in [0, 0.1) is 0 Å². The number of hydrogen-bond donors (Lipinski definition) is 0. The SMILES string of the molecule is CCCCC(=O)N1CCC(c2nc(-c3ccc(OC)cc3)no2)CC1. The first kappa shape index (κ1) is 17.5. The van der Waals surface area contributed by atoms with Crippen molar-refractivity contribution in [3.05, 3.63) is 30.2 Å². The molecule has 1 fully saturated rings. The Morgan fingerprint density at radius 3 is 2.64 bits per heavy atom. The number of nitrogens with zero attached hydrogens (tertiary/aromatic N) is 3. The van der Waals surface area contributed by atoms with E-state index in [2.05, 4.69) is 17.1 Å². The van der Waals surface area contributed by atoms with Crippen molar-refractivity contribution >= 4 is 5.91 Å². The largest absolute Gasteiger partial charge is 0.497 e. The lowest BCUT2D eigenvalue weighted by atomic mass is 9.96. The number of carbonyl (C=O) groups is 1. The zero-order valence-electron chi connectivity index (χ0n) is 14.9. The highest BCUT2D eigenvalue weighted by atomic mass is 16.5. The molecule has 1 aliphatic heterocycles. The molecule has 0 unspecified atom stereocenters. The lowest BCUT2D eigenvalue weighted by Gasteiger charge is -2.30. The van der Waals surface area contributed by atoms with Gasteiger partial charge < -0.3 is 14.2 Å². The van der Waals surface area contributed by atoms with Crippen molar-refractivity contribution in [2.45, 2.75) is 44.9 Å². The summed E-state index contributed by atoms with van der Waals surface area (Å²) >= 11 is 0. The maximum absolute atomic E-state index is 12.1. The van der Waals surface area contributed by atoms with E-state index in [-0.39, 0.29) is 11.8 Å². The van der Waals surface area contributed by atoms with Gasteiger partial charge in [-0.2, -0.15) is 4.98 Å². The molecule has 2 aromatic rings. The van der Waals surface area contributed by atoms with E-state index < -0.39 is 0 Å². The van der Waals surface area contributed by atoms with E-state index in [9.17, 15) is 4.79 Å². The lowest BCUT2D eigenvalue weighted by molar-refractivity contribution is -0.132. The summed E-state index contributed by atoms with van der Waals surface area (Å²) in [5, 5.41) is 4.10. The molecule has 0 bridgehead atoms. The Labute approximate surface area is 148 Å². The third-order valence-electron chi connectivity index (χ3n) is 4.73. The second kappa shape index (κ2) is 8.14. The van der Waals surface area contributed by atoms with Crippen LogP contribution in [-0.4, -0.2) is 41.1 Å². The molecule has 1 aromatic carbocycles.